The summed E-state index contributed by atoms with van der Waals surface area (Å²) in [4.78, 5) is 23.5. The summed E-state index contributed by atoms with van der Waals surface area (Å²) >= 11 is 0. The molecule has 0 amide bonds. The fraction of sp³-hybridized carbons (Fsp3) is 0.167. The molecule has 184 valence electrons. The van der Waals surface area contributed by atoms with E-state index in [4.69, 9.17) is 10.5 Å². The average molecular weight is 490 g/mol. The molecule has 3 N–H and O–H groups in total. The van der Waals surface area contributed by atoms with E-state index in [9.17, 15) is 4.79 Å². The Labute approximate surface area is 214 Å². The predicted molar refractivity (Wildman–Crippen MR) is 144 cm³/mol. The molecule has 1 aliphatic rings. The van der Waals surface area contributed by atoms with E-state index in [1.165, 1.54) is 0 Å². The molecular weight excluding hydrogens is 462 g/mol. The third kappa shape index (κ3) is 3.84. The number of ether oxygens (including phenoxy) is 1. The SMILES string of the molecule is C=C1C[C@@H](n2cnc3c(=O)[nH]c(N)nc32)[C@@H]1COC(c1ccccc1)(c1ccccc1)c1ccccc1. The average Bonchev–Trinajstić information content (AvgIpc) is 3.35. The van der Waals surface area contributed by atoms with Crippen LogP contribution < -0.4 is 11.3 Å². The van der Waals surface area contributed by atoms with Gasteiger partial charge in [0.1, 0.15) is 5.60 Å². The van der Waals surface area contributed by atoms with Gasteiger partial charge in [-0.1, -0.05) is 103 Å². The van der Waals surface area contributed by atoms with Gasteiger partial charge in [-0.15, -0.1) is 0 Å². The van der Waals surface area contributed by atoms with Gasteiger partial charge in [-0.3, -0.25) is 9.78 Å². The van der Waals surface area contributed by atoms with Gasteiger partial charge in [0.05, 0.1) is 12.9 Å². The molecule has 0 spiro atoms. The van der Waals surface area contributed by atoms with Crippen LogP contribution in [0.3, 0.4) is 0 Å². The zero-order valence-electron chi connectivity index (χ0n) is 20.2. The van der Waals surface area contributed by atoms with Crippen LogP contribution in [0.4, 0.5) is 5.95 Å². The van der Waals surface area contributed by atoms with Crippen molar-refractivity contribution in [1.29, 1.82) is 0 Å². The third-order valence-corrected chi connectivity index (χ3v) is 7.29. The number of imidazole rings is 1. The fourth-order valence-electron chi connectivity index (χ4n) is 5.36. The van der Waals surface area contributed by atoms with Crippen molar-refractivity contribution in [3.8, 4) is 0 Å². The third-order valence-electron chi connectivity index (χ3n) is 7.29. The molecule has 6 rings (SSSR count). The largest absolute Gasteiger partial charge is 0.369 e. The molecule has 0 saturated heterocycles. The van der Waals surface area contributed by atoms with Crippen LogP contribution in [-0.2, 0) is 10.3 Å². The highest BCUT2D eigenvalue weighted by Gasteiger charge is 2.42. The molecule has 0 aliphatic heterocycles. The van der Waals surface area contributed by atoms with Crippen molar-refractivity contribution >= 4 is 17.1 Å². The number of anilines is 1. The van der Waals surface area contributed by atoms with Crippen LogP contribution in [0.25, 0.3) is 11.2 Å². The maximum absolute atomic E-state index is 12.3. The van der Waals surface area contributed by atoms with Gasteiger partial charge in [0.15, 0.2) is 11.2 Å². The second-order valence-electron chi connectivity index (χ2n) is 9.40. The van der Waals surface area contributed by atoms with Crippen molar-refractivity contribution in [3.63, 3.8) is 0 Å². The highest BCUT2D eigenvalue weighted by molar-refractivity contribution is 5.70. The predicted octanol–water partition coefficient (Wildman–Crippen LogP) is 4.83. The molecule has 7 heteroatoms. The van der Waals surface area contributed by atoms with Gasteiger partial charge in [0.25, 0.3) is 5.56 Å². The van der Waals surface area contributed by atoms with Gasteiger partial charge in [0, 0.05) is 12.0 Å². The summed E-state index contributed by atoms with van der Waals surface area (Å²) in [7, 11) is 0. The number of aromatic nitrogens is 4. The van der Waals surface area contributed by atoms with Gasteiger partial charge in [-0.25, -0.2) is 4.98 Å². The normalized spacial score (nSPS) is 17.6. The van der Waals surface area contributed by atoms with E-state index >= 15 is 0 Å². The van der Waals surface area contributed by atoms with Crippen molar-refractivity contribution in [3.05, 3.63) is 137 Å². The highest BCUT2D eigenvalue weighted by Crippen LogP contribution is 2.47. The maximum atomic E-state index is 12.3. The number of H-pyrrole nitrogens is 1. The molecule has 0 radical (unpaired) electrons. The molecule has 2 heterocycles. The molecule has 0 bridgehead atoms. The Bertz CT molecular complexity index is 1510. The van der Waals surface area contributed by atoms with Crippen molar-refractivity contribution in [2.75, 3.05) is 12.3 Å². The van der Waals surface area contributed by atoms with Crippen LogP contribution in [0.5, 0.6) is 0 Å². The summed E-state index contributed by atoms with van der Waals surface area (Å²) in [6.07, 6.45) is 2.41. The van der Waals surface area contributed by atoms with E-state index < -0.39 is 5.60 Å². The van der Waals surface area contributed by atoms with Crippen LogP contribution >= 0.6 is 0 Å². The lowest BCUT2D eigenvalue weighted by Gasteiger charge is -2.43. The van der Waals surface area contributed by atoms with Crippen molar-refractivity contribution in [1.82, 2.24) is 19.5 Å². The summed E-state index contributed by atoms with van der Waals surface area (Å²) in [6, 6.07) is 30.9. The van der Waals surface area contributed by atoms with E-state index in [-0.39, 0.29) is 29.0 Å². The summed E-state index contributed by atoms with van der Waals surface area (Å²) in [5.41, 5.74) is 9.65. The van der Waals surface area contributed by atoms with E-state index in [1.807, 2.05) is 59.2 Å². The Balaban J connectivity index is 1.41. The van der Waals surface area contributed by atoms with Crippen LogP contribution in [0, 0.1) is 5.92 Å². The number of nitrogens with zero attached hydrogens (tertiary/aromatic N) is 3. The first kappa shape index (κ1) is 22.9. The molecule has 2 aromatic heterocycles. The number of nitrogens with one attached hydrogen (secondary N) is 1. The Morgan fingerprint density at radius 1 is 0.946 bits per heavy atom. The minimum absolute atomic E-state index is 0.00576. The minimum Gasteiger partial charge on any atom is -0.369 e. The number of fused-ring (bicyclic) bond motifs is 1. The van der Waals surface area contributed by atoms with Crippen LogP contribution in [0.2, 0.25) is 0 Å². The van der Waals surface area contributed by atoms with E-state index in [0.717, 1.165) is 28.7 Å². The summed E-state index contributed by atoms with van der Waals surface area (Å²) in [5, 5.41) is 0. The molecule has 0 unspecified atom stereocenters. The van der Waals surface area contributed by atoms with Crippen LogP contribution in [0.15, 0.2) is 114 Å². The number of benzene rings is 3. The molecule has 3 aromatic carbocycles. The molecule has 37 heavy (non-hydrogen) atoms. The number of hydrogen-bond donors (Lipinski definition) is 2. The lowest BCUT2D eigenvalue weighted by Crippen LogP contribution is -2.40. The Morgan fingerprint density at radius 2 is 1.49 bits per heavy atom. The lowest BCUT2D eigenvalue weighted by molar-refractivity contribution is -0.0211. The Hall–Kier alpha value is -4.49. The molecule has 7 nitrogen and oxygen atoms in total. The molecular formula is C30H27N5O2. The monoisotopic (exact) mass is 489 g/mol. The number of nitrogen functional groups attached to an aromatic ring is 1. The first-order chi connectivity index (χ1) is 18.1. The summed E-state index contributed by atoms with van der Waals surface area (Å²) in [6.45, 7) is 4.73. The topological polar surface area (TPSA) is 98.8 Å². The Kier molecular flexibility index (Phi) is 5.70. The van der Waals surface area contributed by atoms with Crippen molar-refractivity contribution in [2.45, 2.75) is 18.1 Å². The second-order valence-corrected chi connectivity index (χ2v) is 9.40. The number of aromatic amines is 1. The molecule has 1 saturated carbocycles. The van der Waals surface area contributed by atoms with Gasteiger partial charge in [-0.05, 0) is 23.1 Å². The molecule has 2 atom stereocenters. The van der Waals surface area contributed by atoms with E-state index in [2.05, 4.69) is 57.9 Å². The van der Waals surface area contributed by atoms with Gasteiger partial charge in [-0.2, -0.15) is 4.98 Å². The molecule has 1 fully saturated rings. The maximum Gasteiger partial charge on any atom is 0.280 e. The zero-order valence-corrected chi connectivity index (χ0v) is 20.2. The van der Waals surface area contributed by atoms with Crippen LogP contribution in [0.1, 0.15) is 29.2 Å². The van der Waals surface area contributed by atoms with Gasteiger partial charge in [0.2, 0.25) is 5.95 Å². The number of hydrogen-bond acceptors (Lipinski definition) is 5. The van der Waals surface area contributed by atoms with Gasteiger partial charge >= 0.3 is 0 Å². The lowest BCUT2D eigenvalue weighted by atomic mass is 9.74. The smallest absolute Gasteiger partial charge is 0.280 e. The molecule has 1 aliphatic carbocycles. The zero-order chi connectivity index (χ0) is 25.4. The fourth-order valence-corrected chi connectivity index (χ4v) is 5.36. The Morgan fingerprint density at radius 3 is 2.00 bits per heavy atom. The first-order valence-corrected chi connectivity index (χ1v) is 12.3. The number of rotatable bonds is 7. The van der Waals surface area contributed by atoms with Gasteiger partial charge < -0.3 is 15.0 Å². The molecule has 5 aromatic rings. The highest BCUT2D eigenvalue weighted by atomic mass is 16.5. The van der Waals surface area contributed by atoms with Crippen molar-refractivity contribution < 1.29 is 4.74 Å². The summed E-state index contributed by atoms with van der Waals surface area (Å²) < 4.78 is 8.97. The second kappa shape index (κ2) is 9.19. The van der Waals surface area contributed by atoms with E-state index in [1.54, 1.807) is 6.33 Å². The summed E-state index contributed by atoms with van der Waals surface area (Å²) in [5.74, 6) is 0.0803. The van der Waals surface area contributed by atoms with E-state index in [0.29, 0.717) is 12.3 Å². The first-order valence-electron chi connectivity index (χ1n) is 12.3. The number of nitrogens with two attached hydrogens (primary N) is 1. The van der Waals surface area contributed by atoms with Crippen molar-refractivity contribution in [2.24, 2.45) is 5.92 Å². The minimum atomic E-state index is -0.818. The van der Waals surface area contributed by atoms with Crippen LogP contribution in [-0.4, -0.2) is 26.1 Å². The standard InChI is InChI=1S/C30H27N5O2/c1-20-17-25(35-19-32-26-27(35)33-29(31)34-28(26)36)24(20)18-37-30(21-11-5-2-6-12-21,22-13-7-3-8-14-22)23-15-9-4-10-16-23/h2-16,19,24-25H,1,17-18H2,(H3,31,33,34,36)/t24-,25-/m1/s1. The quantitative estimate of drug-likeness (QED) is 0.252.